The van der Waals surface area contributed by atoms with Crippen LogP contribution < -0.4 is 27.8 Å². The van der Waals surface area contributed by atoms with Crippen LogP contribution in [0.3, 0.4) is 0 Å². The summed E-state index contributed by atoms with van der Waals surface area (Å²) < 4.78 is 0. The summed E-state index contributed by atoms with van der Waals surface area (Å²) in [6, 6.07) is -4.19. The molecule has 0 aromatic heterocycles. The zero-order valence-corrected chi connectivity index (χ0v) is 14.1. The number of nitrogens with one attached hydrogen (secondary N) is 2. The molecule has 12 nitrogen and oxygen atoms in total. The van der Waals surface area contributed by atoms with Gasteiger partial charge in [-0.3, -0.25) is 19.2 Å². The Kier molecular flexibility index (Phi) is 10.5. The van der Waals surface area contributed by atoms with Crippen LogP contribution >= 0.6 is 0 Å². The summed E-state index contributed by atoms with van der Waals surface area (Å²) in [6.45, 7) is 0.357. The lowest BCUT2D eigenvalue weighted by molar-refractivity contribution is -0.143. The number of unbranched alkanes of at least 4 members (excludes halogenated alkanes) is 1. The number of aliphatic carboxylic acids is 2. The summed E-state index contributed by atoms with van der Waals surface area (Å²) in [4.78, 5) is 56.9. The van der Waals surface area contributed by atoms with Crippen LogP contribution in [-0.4, -0.2) is 64.5 Å². The van der Waals surface area contributed by atoms with Crippen molar-refractivity contribution in [3.8, 4) is 0 Å². The van der Waals surface area contributed by atoms with E-state index in [1.54, 1.807) is 0 Å². The first-order valence-corrected chi connectivity index (χ1v) is 7.87. The highest BCUT2D eigenvalue weighted by Crippen LogP contribution is 2.03. The fraction of sp³-hybridized carbons (Fsp3) is 0.643. The van der Waals surface area contributed by atoms with E-state index in [2.05, 4.69) is 10.6 Å². The number of carbonyl (C=O) groups is 5. The Morgan fingerprint density at radius 3 is 1.92 bits per heavy atom. The summed E-state index contributed by atoms with van der Waals surface area (Å²) in [7, 11) is 0. The molecular formula is C14H25N5O7. The quantitative estimate of drug-likeness (QED) is 0.161. The summed E-state index contributed by atoms with van der Waals surface area (Å²) in [5.41, 5.74) is 15.7. The fourth-order valence-corrected chi connectivity index (χ4v) is 1.99. The topological polar surface area (TPSA) is 228 Å². The van der Waals surface area contributed by atoms with Gasteiger partial charge in [0, 0.05) is 0 Å². The van der Waals surface area contributed by atoms with Crippen molar-refractivity contribution in [2.24, 2.45) is 17.2 Å². The minimum absolute atomic E-state index is 0.0905. The van der Waals surface area contributed by atoms with Gasteiger partial charge < -0.3 is 38.0 Å². The second-order valence-electron chi connectivity index (χ2n) is 5.62. The van der Waals surface area contributed by atoms with Crippen molar-refractivity contribution in [3.05, 3.63) is 0 Å². The normalized spacial score (nSPS) is 13.9. The molecule has 0 aliphatic carbocycles. The molecule has 3 unspecified atom stereocenters. The van der Waals surface area contributed by atoms with Gasteiger partial charge in [0.15, 0.2) is 0 Å². The van der Waals surface area contributed by atoms with Gasteiger partial charge in [-0.05, 0) is 25.8 Å². The molecule has 0 rings (SSSR count). The van der Waals surface area contributed by atoms with Crippen LogP contribution in [0, 0.1) is 0 Å². The molecule has 0 aromatic carbocycles. The predicted octanol–water partition coefficient (Wildman–Crippen LogP) is -3.15. The molecule has 0 radical (unpaired) electrons. The number of carbonyl (C=O) groups excluding carboxylic acids is 3. The number of nitrogens with two attached hydrogens (primary N) is 3. The minimum atomic E-state index is -1.56. The van der Waals surface area contributed by atoms with E-state index in [1.165, 1.54) is 0 Å². The van der Waals surface area contributed by atoms with E-state index in [0.29, 0.717) is 19.4 Å². The molecule has 0 aromatic rings. The van der Waals surface area contributed by atoms with Crippen LogP contribution in [0.25, 0.3) is 0 Å². The molecule has 26 heavy (non-hydrogen) atoms. The Balaban J connectivity index is 5.00. The van der Waals surface area contributed by atoms with Crippen LogP contribution in [-0.2, 0) is 24.0 Å². The van der Waals surface area contributed by atoms with E-state index < -0.39 is 60.6 Å². The first-order chi connectivity index (χ1) is 12.1. The molecule has 0 aliphatic heterocycles. The van der Waals surface area contributed by atoms with Crippen molar-refractivity contribution in [3.63, 3.8) is 0 Å². The first-order valence-electron chi connectivity index (χ1n) is 7.87. The third kappa shape index (κ3) is 9.54. The van der Waals surface area contributed by atoms with E-state index in [9.17, 15) is 24.0 Å². The zero-order chi connectivity index (χ0) is 20.3. The van der Waals surface area contributed by atoms with Gasteiger partial charge in [0.25, 0.3) is 0 Å². The van der Waals surface area contributed by atoms with Gasteiger partial charge in [0.1, 0.15) is 12.1 Å². The number of carboxylic acids is 2. The summed E-state index contributed by atoms with van der Waals surface area (Å²) in [5, 5.41) is 22.3. The number of carboxylic acid groups (broad SMARTS) is 2. The fourth-order valence-electron chi connectivity index (χ4n) is 1.99. The molecule has 0 heterocycles. The lowest BCUT2D eigenvalue weighted by atomic mass is 10.1. The molecule has 10 N–H and O–H groups in total. The smallest absolute Gasteiger partial charge is 0.326 e. The number of rotatable bonds is 13. The highest BCUT2D eigenvalue weighted by atomic mass is 16.4. The Morgan fingerprint density at radius 1 is 0.885 bits per heavy atom. The van der Waals surface area contributed by atoms with Gasteiger partial charge in [-0.1, -0.05) is 0 Å². The van der Waals surface area contributed by atoms with Gasteiger partial charge in [-0.15, -0.1) is 0 Å². The van der Waals surface area contributed by atoms with Gasteiger partial charge in [-0.2, -0.15) is 0 Å². The summed E-state index contributed by atoms with van der Waals surface area (Å²) in [6.07, 6.45) is -0.211. The second kappa shape index (κ2) is 11.8. The van der Waals surface area contributed by atoms with Gasteiger partial charge >= 0.3 is 11.9 Å². The van der Waals surface area contributed by atoms with Gasteiger partial charge in [0.05, 0.1) is 18.9 Å². The third-order valence-electron chi connectivity index (χ3n) is 3.33. The Labute approximate surface area is 149 Å². The molecule has 3 amide bonds. The lowest BCUT2D eigenvalue weighted by Gasteiger charge is -2.21. The molecule has 0 bridgehead atoms. The lowest BCUT2D eigenvalue weighted by Crippen LogP contribution is -2.55. The maximum Gasteiger partial charge on any atom is 0.326 e. The van der Waals surface area contributed by atoms with Crippen LogP contribution in [0.2, 0.25) is 0 Å². The monoisotopic (exact) mass is 375 g/mol. The van der Waals surface area contributed by atoms with Crippen LogP contribution in [0.4, 0.5) is 0 Å². The molecule has 0 spiro atoms. The largest absolute Gasteiger partial charge is 0.481 e. The van der Waals surface area contributed by atoms with E-state index in [0.717, 1.165) is 0 Å². The average Bonchev–Trinajstić information content (AvgIpc) is 2.51. The summed E-state index contributed by atoms with van der Waals surface area (Å²) in [5.74, 6) is -5.50. The van der Waals surface area contributed by atoms with Crippen molar-refractivity contribution in [2.75, 3.05) is 6.54 Å². The molecule has 0 aliphatic rings. The highest BCUT2D eigenvalue weighted by molar-refractivity contribution is 5.95. The number of hydrogen-bond acceptors (Lipinski definition) is 7. The first kappa shape index (κ1) is 23.3. The van der Waals surface area contributed by atoms with Crippen molar-refractivity contribution in [2.45, 2.75) is 50.2 Å². The van der Waals surface area contributed by atoms with Crippen molar-refractivity contribution in [1.29, 1.82) is 0 Å². The second-order valence-corrected chi connectivity index (χ2v) is 5.62. The number of primary amides is 1. The third-order valence-corrected chi connectivity index (χ3v) is 3.33. The maximum absolute atomic E-state index is 12.2. The van der Waals surface area contributed by atoms with Gasteiger partial charge in [-0.25, -0.2) is 4.79 Å². The van der Waals surface area contributed by atoms with Crippen molar-refractivity contribution >= 4 is 29.7 Å². The molecule has 0 saturated carbocycles. The molecular weight excluding hydrogens is 350 g/mol. The van der Waals surface area contributed by atoms with Gasteiger partial charge in [0.2, 0.25) is 17.7 Å². The molecule has 12 heteroatoms. The maximum atomic E-state index is 12.2. The van der Waals surface area contributed by atoms with Crippen molar-refractivity contribution < 1.29 is 34.2 Å². The summed E-state index contributed by atoms with van der Waals surface area (Å²) >= 11 is 0. The van der Waals surface area contributed by atoms with Crippen LogP contribution in [0.15, 0.2) is 0 Å². The number of hydrogen-bond donors (Lipinski definition) is 7. The SMILES string of the molecule is NCCCCC(NC(=O)C(CC(=O)O)NC(=O)C(N)CC(N)=O)C(=O)O. The molecule has 148 valence electrons. The Hall–Kier alpha value is -2.73. The highest BCUT2D eigenvalue weighted by Gasteiger charge is 2.29. The number of amides is 3. The predicted molar refractivity (Wildman–Crippen MR) is 88.4 cm³/mol. The molecule has 0 saturated heterocycles. The van der Waals surface area contributed by atoms with E-state index in [-0.39, 0.29) is 6.42 Å². The van der Waals surface area contributed by atoms with Crippen molar-refractivity contribution in [1.82, 2.24) is 10.6 Å². The van der Waals surface area contributed by atoms with Crippen LogP contribution in [0.5, 0.6) is 0 Å². The van der Waals surface area contributed by atoms with E-state index >= 15 is 0 Å². The molecule has 0 fully saturated rings. The van der Waals surface area contributed by atoms with Crippen LogP contribution in [0.1, 0.15) is 32.1 Å². The van der Waals surface area contributed by atoms with E-state index in [1.807, 2.05) is 0 Å². The average molecular weight is 375 g/mol. The Bertz CT molecular complexity index is 540. The Morgan fingerprint density at radius 2 is 1.46 bits per heavy atom. The zero-order valence-electron chi connectivity index (χ0n) is 14.1. The minimum Gasteiger partial charge on any atom is -0.481 e. The standard InChI is InChI=1S/C14H25N5O7/c15-4-2-1-3-8(14(25)26)18-13(24)9(6-11(21)22)19-12(23)7(16)5-10(17)20/h7-9H,1-6,15-16H2,(H2,17,20)(H,18,24)(H,19,23)(H,21,22)(H,25,26). The van der Waals surface area contributed by atoms with E-state index in [4.69, 9.17) is 27.4 Å². The molecule has 3 atom stereocenters.